The Hall–Kier alpha value is -1.58. The smallest absolute Gasteiger partial charge is 0.226 e. The Morgan fingerprint density at radius 1 is 1.37 bits per heavy atom. The van der Waals surface area contributed by atoms with Crippen LogP contribution < -0.4 is 11.1 Å². The molecule has 4 nitrogen and oxygen atoms in total. The molecule has 2 atom stereocenters. The second-order valence-corrected chi connectivity index (χ2v) is 5.55. The van der Waals surface area contributed by atoms with Gasteiger partial charge in [-0.3, -0.25) is 9.78 Å². The fourth-order valence-corrected chi connectivity index (χ4v) is 2.67. The van der Waals surface area contributed by atoms with Crippen molar-refractivity contribution in [3.8, 4) is 0 Å². The van der Waals surface area contributed by atoms with Crippen molar-refractivity contribution in [2.45, 2.75) is 51.5 Å². The molecule has 0 saturated heterocycles. The second kappa shape index (κ2) is 6.55. The van der Waals surface area contributed by atoms with Crippen LogP contribution in [0.1, 0.15) is 44.7 Å². The van der Waals surface area contributed by atoms with Crippen LogP contribution in [0.3, 0.4) is 0 Å². The van der Waals surface area contributed by atoms with Crippen LogP contribution in [0.15, 0.2) is 18.3 Å². The quantitative estimate of drug-likeness (QED) is 0.820. The summed E-state index contributed by atoms with van der Waals surface area (Å²) >= 11 is 0. The molecule has 1 amide bonds. The molecule has 0 aromatic carbocycles. The first-order valence-electron chi connectivity index (χ1n) is 7.15. The van der Waals surface area contributed by atoms with Gasteiger partial charge in [0.15, 0.2) is 0 Å². The number of anilines is 1. The van der Waals surface area contributed by atoms with Gasteiger partial charge in [0, 0.05) is 11.7 Å². The lowest BCUT2D eigenvalue weighted by atomic mass is 9.97. The minimum Gasteiger partial charge on any atom is -0.397 e. The summed E-state index contributed by atoms with van der Waals surface area (Å²) in [5.41, 5.74) is 6.98. The molecule has 1 fully saturated rings. The van der Waals surface area contributed by atoms with E-state index < -0.39 is 0 Å². The summed E-state index contributed by atoms with van der Waals surface area (Å²) in [6.45, 7) is 2.23. The third kappa shape index (κ3) is 4.23. The summed E-state index contributed by atoms with van der Waals surface area (Å²) in [5.74, 6) is 0.641. The summed E-state index contributed by atoms with van der Waals surface area (Å²) < 4.78 is 0. The van der Waals surface area contributed by atoms with E-state index in [0.717, 1.165) is 12.1 Å². The van der Waals surface area contributed by atoms with Crippen LogP contribution in [-0.4, -0.2) is 16.9 Å². The van der Waals surface area contributed by atoms with Gasteiger partial charge in [-0.1, -0.05) is 26.2 Å². The predicted molar refractivity (Wildman–Crippen MR) is 76.5 cm³/mol. The van der Waals surface area contributed by atoms with Crippen molar-refractivity contribution in [2.24, 2.45) is 5.92 Å². The molecular weight excluding hydrogens is 238 g/mol. The van der Waals surface area contributed by atoms with Gasteiger partial charge in [0.2, 0.25) is 5.91 Å². The van der Waals surface area contributed by atoms with E-state index in [-0.39, 0.29) is 5.91 Å². The minimum atomic E-state index is 0.0658. The normalized spacial score (nSPS) is 23.6. The largest absolute Gasteiger partial charge is 0.397 e. The zero-order chi connectivity index (χ0) is 13.7. The van der Waals surface area contributed by atoms with E-state index in [1.54, 1.807) is 12.3 Å². The van der Waals surface area contributed by atoms with Crippen LogP contribution in [0.2, 0.25) is 0 Å². The lowest BCUT2D eigenvalue weighted by molar-refractivity contribution is -0.121. The lowest BCUT2D eigenvalue weighted by Crippen LogP contribution is -2.39. The van der Waals surface area contributed by atoms with Gasteiger partial charge in [0.05, 0.1) is 18.3 Å². The van der Waals surface area contributed by atoms with Crippen molar-refractivity contribution in [2.75, 3.05) is 5.73 Å². The Kier molecular flexibility index (Phi) is 4.77. The number of nitrogens with one attached hydrogen (secondary N) is 1. The molecule has 1 aromatic heterocycles. The van der Waals surface area contributed by atoms with Crippen molar-refractivity contribution in [3.05, 3.63) is 24.0 Å². The minimum absolute atomic E-state index is 0.0658. The number of aromatic nitrogens is 1. The number of nitrogens with zero attached hydrogens (tertiary/aromatic N) is 1. The van der Waals surface area contributed by atoms with Crippen LogP contribution in [0, 0.1) is 5.92 Å². The highest BCUT2D eigenvalue weighted by atomic mass is 16.1. The van der Waals surface area contributed by atoms with E-state index in [4.69, 9.17) is 5.73 Å². The first kappa shape index (κ1) is 13.8. The van der Waals surface area contributed by atoms with Crippen LogP contribution in [-0.2, 0) is 11.2 Å². The Balaban J connectivity index is 1.87. The highest BCUT2D eigenvalue weighted by molar-refractivity contribution is 5.78. The zero-order valence-electron chi connectivity index (χ0n) is 11.6. The van der Waals surface area contributed by atoms with Crippen molar-refractivity contribution in [1.82, 2.24) is 10.3 Å². The van der Waals surface area contributed by atoms with Crippen molar-refractivity contribution >= 4 is 11.6 Å². The van der Waals surface area contributed by atoms with Gasteiger partial charge in [-0.15, -0.1) is 0 Å². The fraction of sp³-hybridized carbons (Fsp3) is 0.600. The van der Waals surface area contributed by atoms with Crippen LogP contribution in [0.25, 0.3) is 0 Å². The molecule has 0 aliphatic heterocycles. The molecule has 2 unspecified atom stereocenters. The zero-order valence-corrected chi connectivity index (χ0v) is 11.6. The Morgan fingerprint density at radius 2 is 2.16 bits per heavy atom. The SMILES string of the molecule is CC1CCCCCC1NC(=O)Cc1ccc(N)cn1. The molecule has 1 aromatic rings. The van der Waals surface area contributed by atoms with E-state index in [1.807, 2.05) is 6.07 Å². The van der Waals surface area contributed by atoms with Gasteiger partial charge in [-0.05, 0) is 30.9 Å². The summed E-state index contributed by atoms with van der Waals surface area (Å²) in [4.78, 5) is 16.2. The number of rotatable bonds is 3. The average Bonchev–Trinajstić information content (AvgIpc) is 2.58. The van der Waals surface area contributed by atoms with E-state index in [0.29, 0.717) is 24.1 Å². The third-order valence-electron chi connectivity index (χ3n) is 3.90. The molecular formula is C15H23N3O. The third-order valence-corrected chi connectivity index (χ3v) is 3.90. The maximum absolute atomic E-state index is 12.0. The second-order valence-electron chi connectivity index (χ2n) is 5.55. The Morgan fingerprint density at radius 3 is 2.89 bits per heavy atom. The molecule has 3 N–H and O–H groups in total. The van der Waals surface area contributed by atoms with Crippen LogP contribution >= 0.6 is 0 Å². The predicted octanol–water partition coefficient (Wildman–Crippen LogP) is 2.29. The molecule has 104 valence electrons. The van der Waals surface area contributed by atoms with Crippen LogP contribution in [0.5, 0.6) is 0 Å². The molecule has 1 heterocycles. The molecule has 0 spiro atoms. The van der Waals surface area contributed by atoms with Gasteiger partial charge in [-0.2, -0.15) is 0 Å². The number of amides is 1. The molecule has 0 radical (unpaired) electrons. The lowest BCUT2D eigenvalue weighted by Gasteiger charge is -2.22. The fourth-order valence-electron chi connectivity index (χ4n) is 2.67. The average molecular weight is 261 g/mol. The molecule has 1 saturated carbocycles. The maximum atomic E-state index is 12.0. The number of carbonyl (C=O) groups excluding carboxylic acids is 1. The topological polar surface area (TPSA) is 68.0 Å². The number of pyridine rings is 1. The molecule has 1 aliphatic rings. The first-order valence-corrected chi connectivity index (χ1v) is 7.15. The monoisotopic (exact) mass is 261 g/mol. The van der Waals surface area contributed by atoms with Gasteiger partial charge < -0.3 is 11.1 Å². The molecule has 4 heteroatoms. The Labute approximate surface area is 114 Å². The summed E-state index contributed by atoms with van der Waals surface area (Å²) in [7, 11) is 0. The number of nitrogens with two attached hydrogens (primary N) is 1. The van der Waals surface area contributed by atoms with E-state index >= 15 is 0 Å². The summed E-state index contributed by atoms with van der Waals surface area (Å²) in [5, 5.41) is 3.16. The van der Waals surface area contributed by atoms with Gasteiger partial charge in [0.1, 0.15) is 0 Å². The molecule has 19 heavy (non-hydrogen) atoms. The van der Waals surface area contributed by atoms with Gasteiger partial charge >= 0.3 is 0 Å². The Bertz CT molecular complexity index is 416. The summed E-state index contributed by atoms with van der Waals surface area (Å²) in [6.07, 6.45) is 8.03. The van der Waals surface area contributed by atoms with Gasteiger partial charge in [-0.25, -0.2) is 0 Å². The molecule has 1 aliphatic carbocycles. The summed E-state index contributed by atoms with van der Waals surface area (Å²) in [6, 6.07) is 3.92. The van der Waals surface area contributed by atoms with E-state index in [1.165, 1.54) is 25.7 Å². The highest BCUT2D eigenvalue weighted by Gasteiger charge is 2.21. The van der Waals surface area contributed by atoms with Gasteiger partial charge in [0.25, 0.3) is 0 Å². The van der Waals surface area contributed by atoms with E-state index in [9.17, 15) is 4.79 Å². The van der Waals surface area contributed by atoms with Crippen LogP contribution in [0.4, 0.5) is 5.69 Å². The highest BCUT2D eigenvalue weighted by Crippen LogP contribution is 2.22. The number of hydrogen-bond donors (Lipinski definition) is 2. The number of carbonyl (C=O) groups is 1. The maximum Gasteiger partial charge on any atom is 0.226 e. The number of nitrogen functional groups attached to an aromatic ring is 1. The van der Waals surface area contributed by atoms with Crippen molar-refractivity contribution < 1.29 is 4.79 Å². The van der Waals surface area contributed by atoms with Crippen molar-refractivity contribution in [1.29, 1.82) is 0 Å². The standard InChI is InChI=1S/C15H23N3O/c1-11-5-3-2-4-6-14(11)18-15(19)9-13-8-7-12(16)10-17-13/h7-8,10-11,14H,2-6,9,16H2,1H3,(H,18,19). The van der Waals surface area contributed by atoms with E-state index in [2.05, 4.69) is 17.2 Å². The van der Waals surface area contributed by atoms with Crippen molar-refractivity contribution in [3.63, 3.8) is 0 Å². The number of hydrogen-bond acceptors (Lipinski definition) is 3. The first-order chi connectivity index (χ1) is 9.15. The molecule has 0 bridgehead atoms. The molecule has 2 rings (SSSR count).